The molecule has 0 saturated heterocycles. The van der Waals surface area contributed by atoms with Crippen molar-refractivity contribution in [3.8, 4) is 5.75 Å². The number of amides is 1. The number of ether oxygens (including phenoxy) is 2. The van der Waals surface area contributed by atoms with Crippen molar-refractivity contribution in [2.45, 2.75) is 73.3 Å². The highest BCUT2D eigenvalue weighted by Gasteiger charge is 2.40. The quantitative estimate of drug-likeness (QED) is 0.557. The molecule has 0 radical (unpaired) electrons. The summed E-state index contributed by atoms with van der Waals surface area (Å²) in [4.78, 5) is 13.2. The van der Waals surface area contributed by atoms with Crippen LogP contribution in [0, 0.1) is 18.8 Å². The van der Waals surface area contributed by atoms with Crippen molar-refractivity contribution in [2.24, 2.45) is 11.8 Å². The highest BCUT2D eigenvalue weighted by molar-refractivity contribution is 5.97. The molecule has 1 aromatic carbocycles. The molecule has 0 aromatic heterocycles. The van der Waals surface area contributed by atoms with Gasteiger partial charge in [-0.2, -0.15) is 0 Å². The molecule has 1 N–H and O–H groups in total. The lowest BCUT2D eigenvalue weighted by Crippen LogP contribution is -2.47. The molecule has 4 nitrogen and oxygen atoms in total. The third-order valence-corrected chi connectivity index (χ3v) is 4.20. The Morgan fingerprint density at radius 2 is 1.73 bits per heavy atom. The van der Waals surface area contributed by atoms with E-state index in [-0.39, 0.29) is 5.91 Å². The standard InChI is InChI=1S/C22H37NO3/c1-8-12-25-20-11-10-19(13-18(20)7)23-21(24)22(26-9-2,14-16(3)4)15-17(5)6/h10-11,13,16-17H,8-9,12,14-15H2,1-7H3,(H,23,24). The van der Waals surface area contributed by atoms with Gasteiger partial charge in [0.1, 0.15) is 11.4 Å². The van der Waals surface area contributed by atoms with E-state index in [9.17, 15) is 4.79 Å². The maximum Gasteiger partial charge on any atom is 0.256 e. The molecular weight excluding hydrogens is 326 g/mol. The number of carbonyl (C=O) groups excluding carboxylic acids is 1. The second-order valence-electron chi connectivity index (χ2n) is 7.91. The van der Waals surface area contributed by atoms with Crippen LogP contribution >= 0.6 is 0 Å². The molecule has 0 unspecified atom stereocenters. The fourth-order valence-corrected chi connectivity index (χ4v) is 3.39. The van der Waals surface area contributed by atoms with Crippen molar-refractivity contribution < 1.29 is 14.3 Å². The van der Waals surface area contributed by atoms with E-state index in [4.69, 9.17) is 9.47 Å². The molecular formula is C22H37NO3. The molecule has 0 aliphatic carbocycles. The minimum absolute atomic E-state index is 0.0524. The van der Waals surface area contributed by atoms with Gasteiger partial charge in [-0.15, -0.1) is 0 Å². The fourth-order valence-electron chi connectivity index (χ4n) is 3.39. The number of aryl methyl sites for hydroxylation is 1. The largest absolute Gasteiger partial charge is 0.493 e. The van der Waals surface area contributed by atoms with E-state index in [1.807, 2.05) is 32.0 Å². The summed E-state index contributed by atoms with van der Waals surface area (Å²) < 4.78 is 11.8. The summed E-state index contributed by atoms with van der Waals surface area (Å²) in [6, 6.07) is 5.79. The topological polar surface area (TPSA) is 47.6 Å². The Labute approximate surface area is 159 Å². The van der Waals surface area contributed by atoms with Crippen molar-refractivity contribution in [3.05, 3.63) is 23.8 Å². The minimum Gasteiger partial charge on any atom is -0.493 e. The number of nitrogens with one attached hydrogen (secondary N) is 1. The van der Waals surface area contributed by atoms with Gasteiger partial charge >= 0.3 is 0 Å². The summed E-state index contributed by atoms with van der Waals surface area (Å²) in [6.07, 6.45) is 2.39. The fraction of sp³-hybridized carbons (Fsp3) is 0.682. The Hall–Kier alpha value is -1.55. The lowest BCUT2D eigenvalue weighted by atomic mass is 9.83. The van der Waals surface area contributed by atoms with E-state index < -0.39 is 5.60 Å². The molecule has 0 saturated carbocycles. The van der Waals surface area contributed by atoms with Crippen molar-refractivity contribution in [2.75, 3.05) is 18.5 Å². The summed E-state index contributed by atoms with van der Waals surface area (Å²) in [5.41, 5.74) is 1.02. The molecule has 0 atom stereocenters. The second kappa shape index (κ2) is 10.6. The van der Waals surface area contributed by atoms with Crippen LogP contribution in [0.1, 0.15) is 66.4 Å². The highest BCUT2D eigenvalue weighted by Crippen LogP contribution is 2.31. The van der Waals surface area contributed by atoms with Crippen LogP contribution in [0.15, 0.2) is 18.2 Å². The monoisotopic (exact) mass is 363 g/mol. The SMILES string of the molecule is CCCOc1ccc(NC(=O)C(CC(C)C)(CC(C)C)OCC)cc1C. The molecule has 0 fully saturated rings. The van der Waals surface area contributed by atoms with Crippen molar-refractivity contribution in [3.63, 3.8) is 0 Å². The predicted octanol–water partition coefficient (Wildman–Crippen LogP) is 5.59. The van der Waals surface area contributed by atoms with Gasteiger partial charge in [0, 0.05) is 12.3 Å². The maximum absolute atomic E-state index is 13.2. The lowest BCUT2D eigenvalue weighted by molar-refractivity contribution is -0.146. The Bertz CT molecular complexity index is 557. The average Bonchev–Trinajstić information content (AvgIpc) is 2.53. The van der Waals surface area contributed by atoms with Gasteiger partial charge in [0.05, 0.1) is 6.61 Å². The van der Waals surface area contributed by atoms with Gasteiger partial charge in [-0.25, -0.2) is 0 Å². The molecule has 26 heavy (non-hydrogen) atoms. The first-order chi connectivity index (χ1) is 12.2. The molecule has 0 bridgehead atoms. The third kappa shape index (κ3) is 6.64. The first-order valence-electron chi connectivity index (χ1n) is 9.92. The minimum atomic E-state index is -0.789. The molecule has 4 heteroatoms. The highest BCUT2D eigenvalue weighted by atomic mass is 16.5. The van der Waals surface area contributed by atoms with Crippen molar-refractivity contribution in [1.29, 1.82) is 0 Å². The molecule has 0 spiro atoms. The summed E-state index contributed by atoms with van der Waals surface area (Å²) in [6.45, 7) is 15.8. The zero-order valence-corrected chi connectivity index (χ0v) is 17.6. The van der Waals surface area contributed by atoms with Gasteiger partial charge in [-0.1, -0.05) is 34.6 Å². The predicted molar refractivity (Wildman–Crippen MR) is 109 cm³/mol. The van der Waals surface area contributed by atoms with Crippen LogP contribution in [0.5, 0.6) is 5.75 Å². The summed E-state index contributed by atoms with van der Waals surface area (Å²) in [5, 5.41) is 3.08. The van der Waals surface area contributed by atoms with Crippen LogP contribution in [-0.2, 0) is 9.53 Å². The zero-order valence-electron chi connectivity index (χ0n) is 17.6. The Kier molecular flexibility index (Phi) is 9.14. The van der Waals surface area contributed by atoms with Crippen LogP contribution in [0.25, 0.3) is 0 Å². The zero-order chi connectivity index (χ0) is 19.7. The van der Waals surface area contributed by atoms with Crippen molar-refractivity contribution in [1.82, 2.24) is 0 Å². The van der Waals surface area contributed by atoms with E-state index in [0.29, 0.717) is 37.9 Å². The van der Waals surface area contributed by atoms with Crippen LogP contribution in [-0.4, -0.2) is 24.7 Å². The number of carbonyl (C=O) groups is 1. The molecule has 0 aliphatic rings. The number of hydrogen-bond donors (Lipinski definition) is 1. The Balaban J connectivity index is 3.02. The molecule has 148 valence electrons. The van der Waals surface area contributed by atoms with Crippen LogP contribution in [0.4, 0.5) is 5.69 Å². The van der Waals surface area contributed by atoms with E-state index >= 15 is 0 Å². The molecule has 0 aliphatic heterocycles. The van der Waals surface area contributed by atoms with Crippen LogP contribution < -0.4 is 10.1 Å². The molecule has 1 amide bonds. The Morgan fingerprint density at radius 1 is 1.12 bits per heavy atom. The van der Waals surface area contributed by atoms with Crippen LogP contribution in [0.2, 0.25) is 0 Å². The number of anilines is 1. The van der Waals surface area contributed by atoms with E-state index in [0.717, 1.165) is 23.4 Å². The molecule has 1 rings (SSSR count). The third-order valence-electron chi connectivity index (χ3n) is 4.20. The normalized spacial score (nSPS) is 11.9. The average molecular weight is 364 g/mol. The number of benzene rings is 1. The molecule has 0 heterocycles. The summed E-state index contributed by atoms with van der Waals surface area (Å²) in [7, 11) is 0. The second-order valence-corrected chi connectivity index (χ2v) is 7.91. The molecule has 1 aromatic rings. The number of hydrogen-bond acceptors (Lipinski definition) is 3. The first-order valence-corrected chi connectivity index (χ1v) is 9.92. The van der Waals surface area contributed by atoms with Gasteiger partial charge in [-0.05, 0) is 68.7 Å². The first kappa shape index (κ1) is 22.5. The Morgan fingerprint density at radius 3 is 2.19 bits per heavy atom. The maximum atomic E-state index is 13.2. The van der Waals surface area contributed by atoms with Crippen LogP contribution in [0.3, 0.4) is 0 Å². The van der Waals surface area contributed by atoms with Gasteiger partial charge < -0.3 is 14.8 Å². The summed E-state index contributed by atoms with van der Waals surface area (Å²) in [5.74, 6) is 1.56. The smallest absolute Gasteiger partial charge is 0.256 e. The number of rotatable bonds is 11. The lowest BCUT2D eigenvalue weighted by Gasteiger charge is -2.35. The van der Waals surface area contributed by atoms with E-state index in [1.54, 1.807) is 0 Å². The van der Waals surface area contributed by atoms with E-state index in [2.05, 4.69) is 39.9 Å². The summed E-state index contributed by atoms with van der Waals surface area (Å²) >= 11 is 0. The van der Waals surface area contributed by atoms with Crippen molar-refractivity contribution >= 4 is 11.6 Å². The van der Waals surface area contributed by atoms with Gasteiger partial charge in [0.2, 0.25) is 0 Å². The van der Waals surface area contributed by atoms with E-state index in [1.165, 1.54) is 0 Å². The van der Waals surface area contributed by atoms with Gasteiger partial charge in [-0.3, -0.25) is 4.79 Å². The van der Waals surface area contributed by atoms with Gasteiger partial charge in [0.15, 0.2) is 0 Å². The van der Waals surface area contributed by atoms with Gasteiger partial charge in [0.25, 0.3) is 5.91 Å².